The summed E-state index contributed by atoms with van der Waals surface area (Å²) in [7, 11) is 1.93. The number of imidazole rings is 1. The minimum absolute atomic E-state index is 0.0478. The van der Waals surface area contributed by atoms with Crippen molar-refractivity contribution in [3.8, 4) is 0 Å². The summed E-state index contributed by atoms with van der Waals surface area (Å²) >= 11 is 0. The number of nitrogens with zero attached hydrogens (tertiary/aromatic N) is 2. The van der Waals surface area contributed by atoms with E-state index in [0.29, 0.717) is 12.1 Å². The number of hydrogen-bond donors (Lipinski definition) is 2. The van der Waals surface area contributed by atoms with E-state index in [0.717, 1.165) is 16.9 Å². The van der Waals surface area contributed by atoms with Gasteiger partial charge in [0.05, 0.1) is 17.6 Å². The number of fused-ring (bicyclic) bond motifs is 1. The van der Waals surface area contributed by atoms with Crippen LogP contribution in [0, 0.1) is 0 Å². The predicted octanol–water partition coefficient (Wildman–Crippen LogP) is 3.31. The average Bonchev–Trinajstić information content (AvgIpc) is 3.02. The van der Waals surface area contributed by atoms with E-state index in [4.69, 9.17) is 0 Å². The first-order valence-corrected chi connectivity index (χ1v) is 9.81. The molecule has 152 valence electrons. The number of rotatable bonds is 6. The number of nitrogens with one attached hydrogen (secondary N) is 2. The Labute approximate surface area is 171 Å². The van der Waals surface area contributed by atoms with Crippen molar-refractivity contribution in [1.82, 2.24) is 20.2 Å². The van der Waals surface area contributed by atoms with Gasteiger partial charge in [-0.3, -0.25) is 9.59 Å². The lowest BCUT2D eigenvalue weighted by molar-refractivity contribution is -0.121. The molecule has 0 radical (unpaired) electrons. The van der Waals surface area contributed by atoms with Crippen molar-refractivity contribution < 1.29 is 9.59 Å². The maximum Gasteiger partial charge on any atom is 0.251 e. The highest BCUT2D eigenvalue weighted by Crippen LogP contribution is 2.22. The Kier molecular flexibility index (Phi) is 6.01. The van der Waals surface area contributed by atoms with Gasteiger partial charge in [-0.05, 0) is 35.2 Å². The van der Waals surface area contributed by atoms with Crippen molar-refractivity contribution in [2.24, 2.45) is 7.05 Å². The first-order valence-electron chi connectivity index (χ1n) is 9.81. The third kappa shape index (κ3) is 5.02. The van der Waals surface area contributed by atoms with Crippen molar-refractivity contribution in [3.63, 3.8) is 0 Å². The highest BCUT2D eigenvalue weighted by atomic mass is 16.2. The summed E-state index contributed by atoms with van der Waals surface area (Å²) in [5.41, 5.74) is 3.76. The van der Waals surface area contributed by atoms with Crippen LogP contribution in [-0.2, 0) is 23.8 Å². The molecule has 3 aromatic rings. The van der Waals surface area contributed by atoms with E-state index in [1.54, 1.807) is 0 Å². The van der Waals surface area contributed by atoms with E-state index in [9.17, 15) is 9.59 Å². The average molecular weight is 393 g/mol. The number of aryl methyl sites for hydroxylation is 1. The minimum Gasteiger partial charge on any atom is -0.352 e. The lowest BCUT2D eigenvalue weighted by Gasteiger charge is -2.19. The van der Waals surface area contributed by atoms with Gasteiger partial charge in [0.2, 0.25) is 5.91 Å². The van der Waals surface area contributed by atoms with Gasteiger partial charge in [0.15, 0.2) is 0 Å². The van der Waals surface area contributed by atoms with Crippen LogP contribution < -0.4 is 10.6 Å². The zero-order valence-electron chi connectivity index (χ0n) is 17.5. The number of carbonyl (C=O) groups excluding carboxylic acids is 2. The van der Waals surface area contributed by atoms with Crippen LogP contribution in [0.5, 0.6) is 0 Å². The first kappa shape index (κ1) is 20.6. The van der Waals surface area contributed by atoms with Crippen molar-refractivity contribution in [2.45, 2.75) is 39.2 Å². The number of amides is 2. The smallest absolute Gasteiger partial charge is 0.251 e. The first-order chi connectivity index (χ1) is 13.8. The van der Waals surface area contributed by atoms with Crippen LogP contribution in [0.25, 0.3) is 11.0 Å². The fourth-order valence-corrected chi connectivity index (χ4v) is 3.13. The SMILES string of the molecule is Cn1c(CNC(=O)CCNC(=O)c2ccc(C(C)(C)C)cc2)nc2ccccc21. The van der Waals surface area contributed by atoms with Gasteiger partial charge in [-0.1, -0.05) is 45.0 Å². The molecule has 0 spiro atoms. The number of carbonyl (C=O) groups is 2. The Morgan fingerprint density at radius 1 is 1.00 bits per heavy atom. The summed E-state index contributed by atoms with van der Waals surface area (Å²) < 4.78 is 1.97. The van der Waals surface area contributed by atoms with Crippen LogP contribution in [0.3, 0.4) is 0 Å². The maximum atomic E-state index is 12.3. The fourth-order valence-electron chi connectivity index (χ4n) is 3.13. The minimum atomic E-state index is -0.173. The molecule has 0 aliphatic heterocycles. The van der Waals surface area contributed by atoms with Gasteiger partial charge in [0, 0.05) is 25.6 Å². The second-order valence-corrected chi connectivity index (χ2v) is 8.19. The molecule has 0 fully saturated rings. The molecule has 6 nitrogen and oxygen atoms in total. The summed E-state index contributed by atoms with van der Waals surface area (Å²) in [5.74, 6) is 0.497. The Morgan fingerprint density at radius 2 is 1.69 bits per heavy atom. The molecule has 0 aliphatic carbocycles. The van der Waals surface area contributed by atoms with Gasteiger partial charge in [-0.25, -0.2) is 4.98 Å². The third-order valence-electron chi connectivity index (χ3n) is 4.97. The van der Waals surface area contributed by atoms with Crippen LogP contribution in [0.4, 0.5) is 0 Å². The summed E-state index contributed by atoms with van der Waals surface area (Å²) in [5, 5.41) is 5.66. The second-order valence-electron chi connectivity index (χ2n) is 8.19. The molecule has 2 aromatic carbocycles. The number of para-hydroxylation sites is 2. The molecule has 6 heteroatoms. The number of hydrogen-bond acceptors (Lipinski definition) is 3. The fraction of sp³-hybridized carbons (Fsp3) is 0.348. The van der Waals surface area contributed by atoms with Gasteiger partial charge in [-0.2, -0.15) is 0 Å². The zero-order valence-corrected chi connectivity index (χ0v) is 17.5. The van der Waals surface area contributed by atoms with Crippen molar-refractivity contribution >= 4 is 22.8 Å². The standard InChI is InChI=1S/C23H28N4O2/c1-23(2,3)17-11-9-16(10-12-17)22(29)24-14-13-21(28)25-15-20-26-18-7-5-6-8-19(18)27(20)4/h5-12H,13-15H2,1-4H3,(H,24,29)(H,25,28). The normalized spacial score (nSPS) is 11.4. The zero-order chi connectivity index (χ0) is 21.0. The van der Waals surface area contributed by atoms with Crippen LogP contribution >= 0.6 is 0 Å². The molecule has 0 atom stereocenters. The predicted molar refractivity (Wildman–Crippen MR) is 115 cm³/mol. The number of aromatic nitrogens is 2. The molecular formula is C23H28N4O2. The molecule has 29 heavy (non-hydrogen) atoms. The van der Waals surface area contributed by atoms with Gasteiger partial charge in [-0.15, -0.1) is 0 Å². The Morgan fingerprint density at radius 3 is 2.34 bits per heavy atom. The lowest BCUT2D eigenvalue weighted by Crippen LogP contribution is -2.31. The van der Waals surface area contributed by atoms with Crippen LogP contribution in [0.15, 0.2) is 48.5 Å². The Hall–Kier alpha value is -3.15. The van der Waals surface area contributed by atoms with E-state index < -0.39 is 0 Å². The van der Waals surface area contributed by atoms with E-state index in [1.165, 1.54) is 5.56 Å². The topological polar surface area (TPSA) is 76.0 Å². The lowest BCUT2D eigenvalue weighted by atomic mass is 9.87. The van der Waals surface area contributed by atoms with E-state index >= 15 is 0 Å². The van der Waals surface area contributed by atoms with Crippen molar-refractivity contribution in [2.75, 3.05) is 6.54 Å². The molecule has 0 unspecified atom stereocenters. The Bertz CT molecular complexity index is 1010. The molecule has 0 saturated carbocycles. The summed E-state index contributed by atoms with van der Waals surface area (Å²) in [6.45, 7) is 7.04. The summed E-state index contributed by atoms with van der Waals surface area (Å²) in [6, 6.07) is 15.4. The molecular weight excluding hydrogens is 364 g/mol. The molecule has 1 aromatic heterocycles. The van der Waals surface area contributed by atoms with Gasteiger partial charge in [0.25, 0.3) is 5.91 Å². The molecule has 1 heterocycles. The quantitative estimate of drug-likeness (QED) is 0.676. The highest BCUT2D eigenvalue weighted by molar-refractivity contribution is 5.94. The number of benzene rings is 2. The molecule has 2 amide bonds. The second kappa shape index (κ2) is 8.47. The summed E-state index contributed by atoms with van der Waals surface area (Å²) in [6.07, 6.45) is 0.218. The molecule has 3 rings (SSSR count). The van der Waals surface area contributed by atoms with Crippen LogP contribution in [0.1, 0.15) is 48.9 Å². The van der Waals surface area contributed by atoms with Crippen molar-refractivity contribution in [1.29, 1.82) is 0 Å². The van der Waals surface area contributed by atoms with Crippen LogP contribution in [0.2, 0.25) is 0 Å². The Balaban J connectivity index is 1.45. The highest BCUT2D eigenvalue weighted by Gasteiger charge is 2.14. The molecule has 0 bridgehead atoms. The van der Waals surface area contributed by atoms with Crippen LogP contribution in [-0.4, -0.2) is 27.9 Å². The summed E-state index contributed by atoms with van der Waals surface area (Å²) in [4.78, 5) is 28.9. The van der Waals surface area contributed by atoms with E-state index in [2.05, 4.69) is 36.4 Å². The van der Waals surface area contributed by atoms with Gasteiger partial charge < -0.3 is 15.2 Å². The van der Waals surface area contributed by atoms with Gasteiger partial charge >= 0.3 is 0 Å². The van der Waals surface area contributed by atoms with Crippen molar-refractivity contribution in [3.05, 3.63) is 65.5 Å². The molecule has 0 saturated heterocycles. The largest absolute Gasteiger partial charge is 0.352 e. The van der Waals surface area contributed by atoms with Gasteiger partial charge in [0.1, 0.15) is 5.82 Å². The molecule has 0 aliphatic rings. The third-order valence-corrected chi connectivity index (χ3v) is 4.97. The maximum absolute atomic E-state index is 12.3. The van der Waals surface area contributed by atoms with E-state index in [1.807, 2.05) is 60.1 Å². The monoisotopic (exact) mass is 392 g/mol. The van der Waals surface area contributed by atoms with E-state index in [-0.39, 0.29) is 30.2 Å². The molecule has 2 N–H and O–H groups in total.